The quantitative estimate of drug-likeness (QED) is 0.493. The van der Waals surface area contributed by atoms with E-state index in [0.29, 0.717) is 5.76 Å². The number of aryl methyl sites for hydroxylation is 1. The highest BCUT2D eigenvalue weighted by molar-refractivity contribution is 7.07. The predicted molar refractivity (Wildman–Crippen MR) is 111 cm³/mol. The average molecular weight is 373 g/mol. The molecule has 0 radical (unpaired) electrons. The molecule has 0 atom stereocenters. The molecule has 4 aromatic rings. The van der Waals surface area contributed by atoms with E-state index in [0.717, 1.165) is 33.0 Å². The smallest absolute Gasteiger partial charge is 0.189 e. The van der Waals surface area contributed by atoms with Crippen LogP contribution in [-0.2, 0) is 0 Å². The van der Waals surface area contributed by atoms with Crippen molar-refractivity contribution in [3.63, 3.8) is 0 Å². The summed E-state index contributed by atoms with van der Waals surface area (Å²) in [6, 6.07) is 20.4. The van der Waals surface area contributed by atoms with Gasteiger partial charge in [-0.05, 0) is 24.1 Å². The Morgan fingerprint density at radius 2 is 1.70 bits per heavy atom. The summed E-state index contributed by atoms with van der Waals surface area (Å²) >= 11 is 1.60. The van der Waals surface area contributed by atoms with Crippen LogP contribution in [0.25, 0.3) is 29.1 Å². The van der Waals surface area contributed by atoms with Crippen molar-refractivity contribution in [3.8, 4) is 16.9 Å². The first kappa shape index (κ1) is 17.2. The zero-order valence-corrected chi connectivity index (χ0v) is 16.0. The summed E-state index contributed by atoms with van der Waals surface area (Å²) in [5.41, 5.74) is 5.05. The molecule has 27 heavy (non-hydrogen) atoms. The lowest BCUT2D eigenvalue weighted by molar-refractivity contribution is 0.408. The molecular formula is C22H19N3OS. The maximum Gasteiger partial charge on any atom is 0.189 e. The summed E-state index contributed by atoms with van der Waals surface area (Å²) in [5.74, 6) is 0.710. The second kappa shape index (κ2) is 7.60. The molecule has 2 aromatic carbocycles. The molecule has 0 N–H and O–H groups in total. The van der Waals surface area contributed by atoms with Crippen LogP contribution in [0.1, 0.15) is 17.0 Å². The van der Waals surface area contributed by atoms with Crippen molar-refractivity contribution in [2.75, 3.05) is 7.05 Å². The molecule has 0 fully saturated rings. The van der Waals surface area contributed by atoms with Crippen LogP contribution >= 0.6 is 11.3 Å². The summed E-state index contributed by atoms with van der Waals surface area (Å²) in [6.45, 7) is 1.96. The SMILES string of the molecule is CN=c1scc(-c2ccccc2)n1-c1c(C)noc1/C=C/c1ccccc1. The normalized spacial score (nSPS) is 12.1. The zero-order valence-electron chi connectivity index (χ0n) is 15.2. The van der Waals surface area contributed by atoms with Crippen LogP contribution in [-0.4, -0.2) is 16.8 Å². The summed E-state index contributed by atoms with van der Waals surface area (Å²) in [5, 5.41) is 6.33. The maximum atomic E-state index is 5.64. The molecule has 0 aliphatic heterocycles. The van der Waals surface area contributed by atoms with Crippen molar-refractivity contribution in [1.82, 2.24) is 9.72 Å². The topological polar surface area (TPSA) is 43.3 Å². The van der Waals surface area contributed by atoms with Crippen molar-refractivity contribution < 1.29 is 4.52 Å². The van der Waals surface area contributed by atoms with Gasteiger partial charge in [0.05, 0.1) is 5.69 Å². The number of hydrogen-bond donors (Lipinski definition) is 0. The number of hydrogen-bond acceptors (Lipinski definition) is 4. The Morgan fingerprint density at radius 1 is 1.00 bits per heavy atom. The van der Waals surface area contributed by atoms with Gasteiger partial charge in [0, 0.05) is 12.4 Å². The molecule has 0 unspecified atom stereocenters. The molecule has 2 aromatic heterocycles. The molecule has 2 heterocycles. The number of benzene rings is 2. The highest BCUT2D eigenvalue weighted by Crippen LogP contribution is 2.28. The minimum atomic E-state index is 0.710. The maximum absolute atomic E-state index is 5.64. The van der Waals surface area contributed by atoms with Crippen LogP contribution in [0, 0.1) is 6.92 Å². The van der Waals surface area contributed by atoms with E-state index in [1.807, 2.05) is 55.5 Å². The van der Waals surface area contributed by atoms with Crippen LogP contribution < -0.4 is 4.80 Å². The lowest BCUT2D eigenvalue weighted by Crippen LogP contribution is -2.15. The molecule has 134 valence electrons. The summed E-state index contributed by atoms with van der Waals surface area (Å²) in [6.07, 6.45) is 3.99. The minimum Gasteiger partial charge on any atom is -0.354 e. The molecule has 0 saturated heterocycles. The standard InChI is InChI=1S/C22H19N3OS/c1-16-21(20(26-24-16)14-13-17-9-5-3-6-10-17)25-19(15-27-22(25)23-2)18-11-7-4-8-12-18/h3-15H,1-2H3/b14-13+,23-22?. The Hall–Kier alpha value is -3.18. The van der Waals surface area contributed by atoms with Crippen LogP contribution in [0.5, 0.6) is 0 Å². The monoisotopic (exact) mass is 373 g/mol. The van der Waals surface area contributed by atoms with E-state index in [9.17, 15) is 0 Å². The van der Waals surface area contributed by atoms with Gasteiger partial charge >= 0.3 is 0 Å². The van der Waals surface area contributed by atoms with E-state index in [4.69, 9.17) is 4.52 Å². The number of thiazole rings is 1. The van der Waals surface area contributed by atoms with E-state index in [-0.39, 0.29) is 0 Å². The highest BCUT2D eigenvalue weighted by Gasteiger charge is 2.18. The fourth-order valence-electron chi connectivity index (χ4n) is 2.99. The van der Waals surface area contributed by atoms with Crippen LogP contribution in [0.2, 0.25) is 0 Å². The molecule has 0 saturated carbocycles. The van der Waals surface area contributed by atoms with Crippen LogP contribution in [0.4, 0.5) is 0 Å². The Morgan fingerprint density at radius 3 is 2.41 bits per heavy atom. The molecule has 5 heteroatoms. The Balaban J connectivity index is 1.87. The van der Waals surface area contributed by atoms with E-state index >= 15 is 0 Å². The molecular weight excluding hydrogens is 354 g/mol. The van der Waals surface area contributed by atoms with Gasteiger partial charge in [-0.1, -0.05) is 71.9 Å². The van der Waals surface area contributed by atoms with Crippen LogP contribution in [0.15, 0.2) is 75.6 Å². The van der Waals surface area contributed by atoms with E-state index in [1.54, 1.807) is 18.4 Å². The molecule has 4 rings (SSSR count). The Kier molecular flexibility index (Phi) is 4.85. The molecule has 0 aliphatic rings. The largest absolute Gasteiger partial charge is 0.354 e. The first-order chi connectivity index (χ1) is 13.3. The van der Waals surface area contributed by atoms with Gasteiger partial charge in [0.15, 0.2) is 10.6 Å². The fraction of sp³-hybridized carbons (Fsp3) is 0.0909. The first-order valence-electron chi connectivity index (χ1n) is 8.66. The second-order valence-electron chi connectivity index (χ2n) is 6.05. The molecule has 0 spiro atoms. The van der Waals surface area contributed by atoms with Crippen molar-refractivity contribution >= 4 is 23.5 Å². The summed E-state index contributed by atoms with van der Waals surface area (Å²) in [4.78, 5) is 5.36. The van der Waals surface area contributed by atoms with Gasteiger partial charge < -0.3 is 4.52 Å². The van der Waals surface area contributed by atoms with Gasteiger partial charge in [0.25, 0.3) is 0 Å². The summed E-state index contributed by atoms with van der Waals surface area (Å²) in [7, 11) is 1.80. The van der Waals surface area contributed by atoms with E-state index in [1.165, 1.54) is 0 Å². The summed E-state index contributed by atoms with van der Waals surface area (Å²) < 4.78 is 7.76. The first-order valence-corrected chi connectivity index (χ1v) is 9.54. The van der Waals surface area contributed by atoms with E-state index < -0.39 is 0 Å². The third-order valence-electron chi connectivity index (χ3n) is 4.28. The van der Waals surface area contributed by atoms with Gasteiger partial charge in [-0.2, -0.15) is 0 Å². The van der Waals surface area contributed by atoms with Gasteiger partial charge in [-0.25, -0.2) is 0 Å². The third-order valence-corrected chi connectivity index (χ3v) is 5.19. The van der Waals surface area contributed by atoms with Crippen molar-refractivity contribution in [2.45, 2.75) is 6.92 Å². The van der Waals surface area contributed by atoms with Gasteiger partial charge in [0.1, 0.15) is 11.4 Å². The highest BCUT2D eigenvalue weighted by atomic mass is 32.1. The lowest BCUT2D eigenvalue weighted by atomic mass is 10.1. The zero-order chi connectivity index (χ0) is 18.6. The minimum absolute atomic E-state index is 0.710. The molecule has 0 bridgehead atoms. The molecule has 0 amide bonds. The third kappa shape index (κ3) is 3.41. The van der Waals surface area contributed by atoms with Crippen molar-refractivity contribution in [1.29, 1.82) is 0 Å². The number of aromatic nitrogens is 2. The average Bonchev–Trinajstić information content (AvgIpc) is 3.30. The number of nitrogens with zero attached hydrogens (tertiary/aromatic N) is 3. The second-order valence-corrected chi connectivity index (χ2v) is 6.89. The fourth-order valence-corrected chi connectivity index (χ4v) is 3.85. The van der Waals surface area contributed by atoms with Gasteiger partial charge in [0.2, 0.25) is 0 Å². The molecule has 0 aliphatic carbocycles. The van der Waals surface area contributed by atoms with Crippen molar-refractivity contribution in [3.05, 3.63) is 87.9 Å². The lowest BCUT2D eigenvalue weighted by Gasteiger charge is -2.08. The van der Waals surface area contributed by atoms with E-state index in [2.05, 4.69) is 44.4 Å². The van der Waals surface area contributed by atoms with Crippen molar-refractivity contribution in [2.24, 2.45) is 4.99 Å². The Labute approximate surface area is 161 Å². The predicted octanol–water partition coefficient (Wildman–Crippen LogP) is 5.20. The Bertz CT molecular complexity index is 1140. The molecule has 4 nitrogen and oxygen atoms in total. The van der Waals surface area contributed by atoms with Crippen LogP contribution in [0.3, 0.4) is 0 Å². The van der Waals surface area contributed by atoms with Gasteiger partial charge in [-0.15, -0.1) is 11.3 Å². The van der Waals surface area contributed by atoms with Gasteiger partial charge in [-0.3, -0.25) is 9.56 Å². The number of rotatable bonds is 4.